The molecular weight excluding hydrogens is 515 g/mol. The highest BCUT2D eigenvalue weighted by molar-refractivity contribution is 7.17. The number of carbonyl (C=O) groups is 2. The van der Waals surface area contributed by atoms with Crippen LogP contribution in [0.2, 0.25) is 10.0 Å². The number of carboxylic acids is 1. The molecule has 1 aromatic carbocycles. The molecule has 9 nitrogen and oxygen atoms in total. The fourth-order valence-electron chi connectivity index (χ4n) is 4.58. The smallest absolute Gasteiger partial charge is 0.348 e. The number of amides is 1. The second-order valence-corrected chi connectivity index (χ2v) is 10.3. The number of carbonyl (C=O) groups excluding carboxylic acids is 1. The minimum absolute atomic E-state index is 0.0261. The van der Waals surface area contributed by atoms with E-state index < -0.39 is 5.97 Å². The Morgan fingerprint density at radius 1 is 1.14 bits per heavy atom. The minimum Gasteiger partial charge on any atom is -0.497 e. The third-order valence-corrected chi connectivity index (χ3v) is 8.53. The van der Waals surface area contributed by atoms with Crippen molar-refractivity contribution < 1.29 is 24.2 Å². The van der Waals surface area contributed by atoms with Crippen LogP contribution in [-0.4, -0.2) is 60.3 Å². The fourth-order valence-corrected chi connectivity index (χ4v) is 5.94. The van der Waals surface area contributed by atoms with Gasteiger partial charge >= 0.3 is 5.97 Å². The maximum atomic E-state index is 12.7. The summed E-state index contributed by atoms with van der Waals surface area (Å²) in [4.78, 5) is 34.5. The molecule has 12 heteroatoms. The highest BCUT2D eigenvalue weighted by Crippen LogP contribution is 2.48. The summed E-state index contributed by atoms with van der Waals surface area (Å²) in [5.74, 6) is 0.266. The van der Waals surface area contributed by atoms with Gasteiger partial charge in [0, 0.05) is 48.3 Å². The van der Waals surface area contributed by atoms with Crippen LogP contribution in [0.15, 0.2) is 18.2 Å². The lowest BCUT2D eigenvalue weighted by atomic mass is 10.1. The molecule has 2 aliphatic rings. The number of thiazole rings is 1. The quantitative estimate of drug-likeness (QED) is 0.411. The molecule has 184 valence electrons. The van der Waals surface area contributed by atoms with E-state index in [1.165, 1.54) is 14.2 Å². The van der Waals surface area contributed by atoms with E-state index in [-0.39, 0.29) is 39.4 Å². The number of nitrogens with zero attached hydrogens (tertiary/aromatic N) is 2. The molecule has 1 aliphatic carbocycles. The molecule has 0 unspecified atom stereocenters. The largest absolute Gasteiger partial charge is 0.497 e. The standard InChI is InChI=1S/C23H22Cl2N4O5S/c1-9-15(24)16(25)19(26-9)21(30)27-18-13-7-29(8-14(13)18)23-28-17(20(35-23)22(31)32)10-4-11(33-2)6-12(5-10)34-3/h4-6,13-14,18,26H,7-8H2,1-3H3,(H,27,30)(H,31,32)/t13-,14+,18+. The Morgan fingerprint density at radius 2 is 1.77 bits per heavy atom. The van der Waals surface area contributed by atoms with Crippen molar-refractivity contribution in [1.82, 2.24) is 15.3 Å². The number of ether oxygens (including phenoxy) is 2. The number of rotatable bonds is 7. The Labute approximate surface area is 215 Å². The first-order valence-corrected chi connectivity index (χ1v) is 12.4. The molecule has 3 aromatic rings. The molecule has 2 aromatic heterocycles. The molecule has 1 amide bonds. The summed E-state index contributed by atoms with van der Waals surface area (Å²) in [6.45, 7) is 3.09. The normalized spacial score (nSPS) is 20.5. The van der Waals surface area contributed by atoms with E-state index in [1.54, 1.807) is 25.1 Å². The zero-order valence-electron chi connectivity index (χ0n) is 19.0. The highest BCUT2D eigenvalue weighted by atomic mass is 35.5. The summed E-state index contributed by atoms with van der Waals surface area (Å²) in [5.41, 5.74) is 1.88. The number of hydrogen-bond donors (Lipinski definition) is 3. The van der Waals surface area contributed by atoms with Crippen LogP contribution in [0.5, 0.6) is 11.5 Å². The lowest BCUT2D eigenvalue weighted by Gasteiger charge is -2.19. The van der Waals surface area contributed by atoms with E-state index in [4.69, 9.17) is 32.7 Å². The van der Waals surface area contributed by atoms with Gasteiger partial charge in [0.05, 0.1) is 30.0 Å². The van der Waals surface area contributed by atoms with Gasteiger partial charge in [0.1, 0.15) is 22.1 Å². The van der Waals surface area contributed by atoms with E-state index >= 15 is 0 Å². The first kappa shape index (κ1) is 23.8. The molecule has 0 bridgehead atoms. The molecule has 1 aliphatic heterocycles. The van der Waals surface area contributed by atoms with Crippen molar-refractivity contribution in [1.29, 1.82) is 0 Å². The number of aromatic nitrogens is 2. The molecule has 5 rings (SSSR count). The summed E-state index contributed by atoms with van der Waals surface area (Å²) >= 11 is 13.4. The van der Waals surface area contributed by atoms with Gasteiger partial charge in [0.15, 0.2) is 5.13 Å². The van der Waals surface area contributed by atoms with Crippen LogP contribution in [-0.2, 0) is 0 Å². The molecule has 3 heterocycles. The fraction of sp³-hybridized carbons (Fsp3) is 0.348. The second-order valence-electron chi connectivity index (χ2n) is 8.57. The predicted molar refractivity (Wildman–Crippen MR) is 134 cm³/mol. The van der Waals surface area contributed by atoms with Crippen LogP contribution in [0.4, 0.5) is 5.13 Å². The average Bonchev–Trinajstić information content (AvgIpc) is 3.24. The predicted octanol–water partition coefficient (Wildman–Crippen LogP) is 4.33. The van der Waals surface area contributed by atoms with Crippen LogP contribution >= 0.6 is 34.5 Å². The molecule has 2 fully saturated rings. The molecule has 1 saturated carbocycles. The topological polar surface area (TPSA) is 117 Å². The van der Waals surface area contributed by atoms with E-state index in [0.29, 0.717) is 51.7 Å². The number of carboxylic acid groups (broad SMARTS) is 1. The Kier molecular flexibility index (Phi) is 6.06. The van der Waals surface area contributed by atoms with Crippen molar-refractivity contribution in [3.8, 4) is 22.8 Å². The van der Waals surface area contributed by atoms with Gasteiger partial charge in [-0.05, 0) is 19.1 Å². The van der Waals surface area contributed by atoms with Gasteiger partial charge in [-0.1, -0.05) is 34.5 Å². The number of piperidine rings is 1. The summed E-state index contributed by atoms with van der Waals surface area (Å²) in [6.07, 6.45) is 0. The first-order chi connectivity index (χ1) is 16.7. The summed E-state index contributed by atoms with van der Waals surface area (Å²) in [7, 11) is 3.07. The van der Waals surface area contributed by atoms with Crippen molar-refractivity contribution in [3.05, 3.63) is 44.5 Å². The lowest BCUT2D eigenvalue weighted by Crippen LogP contribution is -2.34. The average molecular weight is 537 g/mol. The van der Waals surface area contributed by atoms with Gasteiger partial charge in [-0.25, -0.2) is 9.78 Å². The van der Waals surface area contributed by atoms with Gasteiger partial charge < -0.3 is 29.8 Å². The number of fused-ring (bicyclic) bond motifs is 1. The third-order valence-electron chi connectivity index (χ3n) is 6.48. The van der Waals surface area contributed by atoms with Crippen molar-refractivity contribution in [2.24, 2.45) is 11.8 Å². The molecule has 0 radical (unpaired) electrons. The number of aromatic carboxylic acids is 1. The number of nitrogens with one attached hydrogen (secondary N) is 2. The zero-order chi connectivity index (χ0) is 25.0. The van der Waals surface area contributed by atoms with Crippen molar-refractivity contribution in [3.63, 3.8) is 0 Å². The van der Waals surface area contributed by atoms with E-state index in [1.807, 2.05) is 0 Å². The molecule has 35 heavy (non-hydrogen) atoms. The molecule has 3 N–H and O–H groups in total. The number of benzene rings is 1. The van der Waals surface area contributed by atoms with Gasteiger partial charge in [-0.2, -0.15) is 0 Å². The summed E-state index contributed by atoms with van der Waals surface area (Å²) in [6, 6.07) is 5.22. The van der Waals surface area contributed by atoms with E-state index in [9.17, 15) is 14.7 Å². The van der Waals surface area contributed by atoms with Crippen LogP contribution in [0.25, 0.3) is 11.3 Å². The Balaban J connectivity index is 1.31. The molecular formula is C23H22Cl2N4O5S. The highest BCUT2D eigenvalue weighted by Gasteiger charge is 2.57. The Morgan fingerprint density at radius 3 is 2.29 bits per heavy atom. The van der Waals surface area contributed by atoms with Crippen LogP contribution < -0.4 is 19.7 Å². The van der Waals surface area contributed by atoms with Crippen molar-refractivity contribution in [2.45, 2.75) is 13.0 Å². The van der Waals surface area contributed by atoms with E-state index in [2.05, 4.69) is 20.2 Å². The summed E-state index contributed by atoms with van der Waals surface area (Å²) < 4.78 is 10.6. The zero-order valence-corrected chi connectivity index (χ0v) is 21.3. The second kappa shape index (κ2) is 8.92. The summed E-state index contributed by atoms with van der Waals surface area (Å²) in [5, 5.41) is 14.0. The number of aryl methyl sites for hydroxylation is 1. The third kappa shape index (κ3) is 4.19. The van der Waals surface area contributed by atoms with Gasteiger partial charge in [0.25, 0.3) is 5.91 Å². The van der Waals surface area contributed by atoms with Crippen LogP contribution in [0.3, 0.4) is 0 Å². The SMILES string of the molecule is COc1cc(OC)cc(-c2nc(N3C[C@@H]4[C@H](C3)[C@H]4NC(=O)c3[nH]c(C)c(Cl)c3Cl)sc2C(=O)O)c1. The maximum absolute atomic E-state index is 12.7. The molecule has 1 saturated heterocycles. The molecule has 3 atom stereocenters. The number of anilines is 1. The first-order valence-electron chi connectivity index (χ1n) is 10.8. The monoisotopic (exact) mass is 536 g/mol. The minimum atomic E-state index is -1.04. The number of methoxy groups -OCH3 is 2. The lowest BCUT2D eigenvalue weighted by molar-refractivity contribution is 0.0702. The van der Waals surface area contributed by atoms with Crippen molar-refractivity contribution in [2.75, 3.05) is 32.2 Å². The number of halogens is 2. The van der Waals surface area contributed by atoms with E-state index in [0.717, 1.165) is 11.3 Å². The van der Waals surface area contributed by atoms with Crippen LogP contribution in [0.1, 0.15) is 25.9 Å². The molecule has 0 spiro atoms. The van der Waals surface area contributed by atoms with Gasteiger partial charge in [-0.3, -0.25) is 4.79 Å². The van der Waals surface area contributed by atoms with Gasteiger partial charge in [-0.15, -0.1) is 0 Å². The Hall–Kier alpha value is -2.95. The number of H-pyrrole nitrogens is 1. The number of aromatic amines is 1. The van der Waals surface area contributed by atoms with Gasteiger partial charge in [0.2, 0.25) is 0 Å². The van der Waals surface area contributed by atoms with Crippen molar-refractivity contribution >= 4 is 51.5 Å². The maximum Gasteiger partial charge on any atom is 0.348 e. The number of hydrogen-bond acceptors (Lipinski definition) is 7. The Bertz CT molecular complexity index is 1310. The van der Waals surface area contributed by atoms with Crippen LogP contribution in [0, 0.1) is 18.8 Å².